The van der Waals surface area contributed by atoms with Gasteiger partial charge in [-0.3, -0.25) is 0 Å². The molecule has 0 aromatic carbocycles. The molecule has 0 aromatic rings. The van der Waals surface area contributed by atoms with Crippen LogP contribution in [0.4, 0.5) is 4.79 Å². The number of alkyl carbamates (subject to hydrolysis) is 1. The topological polar surface area (TPSA) is 38.3 Å². The molecule has 0 radical (unpaired) electrons. The zero-order valence-corrected chi connectivity index (χ0v) is 5.80. The summed E-state index contributed by atoms with van der Waals surface area (Å²) in [6.07, 6.45) is 3.49. The standard InChI is InChI=1S/C7H11NO2/c9-7-8-4-3-6(10-7)5-1-2-5/h5-6H,1-4H2,(H,8,9). The second-order valence-electron chi connectivity index (χ2n) is 3.00. The molecular weight excluding hydrogens is 130 g/mol. The van der Waals surface area contributed by atoms with Gasteiger partial charge in [0.15, 0.2) is 0 Å². The van der Waals surface area contributed by atoms with E-state index in [0.29, 0.717) is 5.92 Å². The number of carbonyl (C=O) groups excluding carboxylic acids is 1. The minimum Gasteiger partial charge on any atom is -0.446 e. The number of hydrogen-bond acceptors (Lipinski definition) is 2. The Kier molecular flexibility index (Phi) is 1.29. The summed E-state index contributed by atoms with van der Waals surface area (Å²) in [7, 11) is 0. The normalized spacial score (nSPS) is 32.8. The lowest BCUT2D eigenvalue weighted by molar-refractivity contribution is 0.0619. The fraction of sp³-hybridized carbons (Fsp3) is 0.857. The van der Waals surface area contributed by atoms with Crippen LogP contribution in [0.2, 0.25) is 0 Å². The van der Waals surface area contributed by atoms with Crippen LogP contribution in [0.5, 0.6) is 0 Å². The Balaban J connectivity index is 1.89. The number of nitrogens with one attached hydrogen (secondary N) is 1. The van der Waals surface area contributed by atoms with E-state index in [-0.39, 0.29) is 12.2 Å². The Bertz CT molecular complexity index is 154. The summed E-state index contributed by atoms with van der Waals surface area (Å²) >= 11 is 0. The highest BCUT2D eigenvalue weighted by atomic mass is 16.6. The van der Waals surface area contributed by atoms with Crippen LogP contribution in [0.3, 0.4) is 0 Å². The molecule has 56 valence electrons. The smallest absolute Gasteiger partial charge is 0.407 e. The van der Waals surface area contributed by atoms with Crippen molar-refractivity contribution >= 4 is 6.09 Å². The fourth-order valence-electron chi connectivity index (χ4n) is 1.35. The highest BCUT2D eigenvalue weighted by Crippen LogP contribution is 2.36. The van der Waals surface area contributed by atoms with Crippen molar-refractivity contribution < 1.29 is 9.53 Å². The van der Waals surface area contributed by atoms with E-state index in [1.54, 1.807) is 0 Å². The molecule has 1 saturated carbocycles. The van der Waals surface area contributed by atoms with Gasteiger partial charge in [-0.25, -0.2) is 4.79 Å². The summed E-state index contributed by atoms with van der Waals surface area (Å²) in [6.45, 7) is 0.792. The summed E-state index contributed by atoms with van der Waals surface area (Å²) in [5.41, 5.74) is 0. The highest BCUT2D eigenvalue weighted by molar-refractivity contribution is 5.68. The van der Waals surface area contributed by atoms with Crippen LogP contribution in [0.25, 0.3) is 0 Å². The predicted molar refractivity (Wildman–Crippen MR) is 35.6 cm³/mol. The van der Waals surface area contributed by atoms with Crippen LogP contribution in [0, 0.1) is 5.92 Å². The number of cyclic esters (lactones) is 1. The number of amides is 1. The molecule has 3 heteroatoms. The lowest BCUT2D eigenvalue weighted by Gasteiger charge is -2.22. The van der Waals surface area contributed by atoms with Crippen LogP contribution in [-0.4, -0.2) is 18.7 Å². The molecule has 1 N–H and O–H groups in total. The third-order valence-electron chi connectivity index (χ3n) is 2.10. The summed E-state index contributed by atoms with van der Waals surface area (Å²) in [4.78, 5) is 10.7. The summed E-state index contributed by atoms with van der Waals surface area (Å²) in [5.74, 6) is 0.686. The van der Waals surface area contributed by atoms with Gasteiger partial charge in [-0.15, -0.1) is 0 Å². The van der Waals surface area contributed by atoms with Crippen molar-refractivity contribution in [3.63, 3.8) is 0 Å². The summed E-state index contributed by atoms with van der Waals surface area (Å²) < 4.78 is 5.06. The van der Waals surface area contributed by atoms with Gasteiger partial charge in [0, 0.05) is 13.0 Å². The highest BCUT2D eigenvalue weighted by Gasteiger charge is 2.35. The maximum absolute atomic E-state index is 10.7. The first-order valence-corrected chi connectivity index (χ1v) is 3.81. The van der Waals surface area contributed by atoms with E-state index >= 15 is 0 Å². The van der Waals surface area contributed by atoms with E-state index in [4.69, 9.17) is 4.74 Å². The van der Waals surface area contributed by atoms with Crippen molar-refractivity contribution in [2.75, 3.05) is 6.54 Å². The van der Waals surface area contributed by atoms with E-state index < -0.39 is 0 Å². The van der Waals surface area contributed by atoms with Gasteiger partial charge in [-0.1, -0.05) is 0 Å². The molecule has 1 aliphatic carbocycles. The van der Waals surface area contributed by atoms with Crippen LogP contribution >= 0.6 is 0 Å². The van der Waals surface area contributed by atoms with E-state index in [9.17, 15) is 4.79 Å². The van der Waals surface area contributed by atoms with Crippen molar-refractivity contribution in [1.29, 1.82) is 0 Å². The van der Waals surface area contributed by atoms with Gasteiger partial charge < -0.3 is 10.1 Å². The Morgan fingerprint density at radius 1 is 1.40 bits per heavy atom. The number of carbonyl (C=O) groups is 1. The average molecular weight is 141 g/mol. The fourth-order valence-corrected chi connectivity index (χ4v) is 1.35. The molecule has 0 aromatic heterocycles. The van der Waals surface area contributed by atoms with Crippen molar-refractivity contribution in [2.45, 2.75) is 25.4 Å². The van der Waals surface area contributed by atoms with Gasteiger partial charge in [0.1, 0.15) is 6.10 Å². The van der Waals surface area contributed by atoms with Crippen LogP contribution in [-0.2, 0) is 4.74 Å². The maximum atomic E-state index is 10.7. The number of hydrogen-bond donors (Lipinski definition) is 1. The van der Waals surface area contributed by atoms with E-state index in [2.05, 4.69) is 5.32 Å². The maximum Gasteiger partial charge on any atom is 0.407 e. The average Bonchev–Trinajstić information content (AvgIpc) is 2.68. The Morgan fingerprint density at radius 3 is 2.80 bits per heavy atom. The minimum absolute atomic E-state index is 0.230. The van der Waals surface area contributed by atoms with Crippen LogP contribution in [0.1, 0.15) is 19.3 Å². The molecule has 10 heavy (non-hydrogen) atoms. The third kappa shape index (κ3) is 1.08. The SMILES string of the molecule is O=C1NCCC(C2CC2)O1. The number of ether oxygens (including phenoxy) is 1. The zero-order valence-electron chi connectivity index (χ0n) is 5.80. The number of rotatable bonds is 1. The lowest BCUT2D eigenvalue weighted by Crippen LogP contribution is -2.38. The molecule has 2 aliphatic rings. The Hall–Kier alpha value is -0.730. The van der Waals surface area contributed by atoms with Gasteiger partial charge in [0.25, 0.3) is 0 Å². The molecule has 1 amide bonds. The van der Waals surface area contributed by atoms with E-state index in [1.807, 2.05) is 0 Å². The molecule has 1 aliphatic heterocycles. The van der Waals surface area contributed by atoms with E-state index in [0.717, 1.165) is 13.0 Å². The van der Waals surface area contributed by atoms with Gasteiger partial charge in [0.2, 0.25) is 0 Å². The molecule has 2 fully saturated rings. The van der Waals surface area contributed by atoms with Gasteiger partial charge in [-0.05, 0) is 18.8 Å². The van der Waals surface area contributed by atoms with Gasteiger partial charge >= 0.3 is 6.09 Å². The third-order valence-corrected chi connectivity index (χ3v) is 2.10. The first-order chi connectivity index (χ1) is 4.86. The molecule has 2 rings (SSSR count). The Morgan fingerprint density at radius 2 is 2.20 bits per heavy atom. The second-order valence-corrected chi connectivity index (χ2v) is 3.00. The summed E-state index contributed by atoms with van der Waals surface area (Å²) in [5, 5.41) is 2.63. The van der Waals surface area contributed by atoms with Crippen LogP contribution < -0.4 is 5.32 Å². The zero-order chi connectivity index (χ0) is 6.97. The van der Waals surface area contributed by atoms with Crippen molar-refractivity contribution in [2.24, 2.45) is 5.92 Å². The minimum atomic E-state index is -0.233. The lowest BCUT2D eigenvalue weighted by atomic mass is 10.1. The molecule has 1 saturated heterocycles. The second kappa shape index (κ2) is 2.15. The molecule has 0 spiro atoms. The van der Waals surface area contributed by atoms with Crippen molar-refractivity contribution in [3.8, 4) is 0 Å². The van der Waals surface area contributed by atoms with E-state index in [1.165, 1.54) is 12.8 Å². The Labute approximate surface area is 59.7 Å². The van der Waals surface area contributed by atoms with Gasteiger partial charge in [-0.2, -0.15) is 0 Å². The molecule has 1 heterocycles. The first kappa shape index (κ1) is 6.01. The van der Waals surface area contributed by atoms with Crippen molar-refractivity contribution in [1.82, 2.24) is 5.32 Å². The molecule has 3 nitrogen and oxygen atoms in total. The predicted octanol–water partition coefficient (Wildman–Crippen LogP) is 0.895. The molecule has 0 bridgehead atoms. The molecular formula is C7H11NO2. The quantitative estimate of drug-likeness (QED) is 0.589. The first-order valence-electron chi connectivity index (χ1n) is 3.81. The molecule has 1 atom stereocenters. The monoisotopic (exact) mass is 141 g/mol. The largest absolute Gasteiger partial charge is 0.446 e. The molecule has 1 unspecified atom stereocenters. The van der Waals surface area contributed by atoms with Crippen molar-refractivity contribution in [3.05, 3.63) is 0 Å². The summed E-state index contributed by atoms with van der Waals surface area (Å²) in [6, 6.07) is 0. The van der Waals surface area contributed by atoms with Crippen LogP contribution in [0.15, 0.2) is 0 Å². The van der Waals surface area contributed by atoms with Gasteiger partial charge in [0.05, 0.1) is 0 Å².